The molecule has 3 aliphatic carbocycles. The number of phenols is 1. The number of methoxy groups -OCH3 is 1. The molecule has 1 spiro atoms. The number of urea groups is 1. The minimum absolute atomic E-state index is 0.00226. The normalized spacial score (nSPS) is 23.5. The Hall–Kier alpha value is -7.21. The predicted molar refractivity (Wildman–Crippen MR) is 296 cm³/mol. The minimum atomic E-state index is -1.28. The number of hydrogen-bond donors (Lipinski definition) is 12. The third-order valence-electron chi connectivity index (χ3n) is 16.2. The largest absolute Gasteiger partial charge is 0.504 e. The van der Waals surface area contributed by atoms with Gasteiger partial charge in [-0.1, -0.05) is 70.5 Å². The molecule has 24 nitrogen and oxygen atoms in total. The van der Waals surface area contributed by atoms with Crippen LogP contribution in [0, 0.1) is 17.8 Å². The summed E-state index contributed by atoms with van der Waals surface area (Å²) in [5, 5.41) is 42.5. The highest BCUT2D eigenvalue weighted by Gasteiger charge is 2.72. The van der Waals surface area contributed by atoms with Gasteiger partial charge in [0.2, 0.25) is 23.6 Å². The molecule has 10 atom stereocenters. The van der Waals surface area contributed by atoms with E-state index >= 15 is 0 Å². The zero-order valence-corrected chi connectivity index (χ0v) is 46.1. The number of likely N-dealkylation sites (tertiary alicyclic amines) is 1. The first-order valence-electron chi connectivity index (χ1n) is 27.7. The quantitative estimate of drug-likeness (QED) is 0.0191. The fourth-order valence-electron chi connectivity index (χ4n) is 11.9. The Bertz CT molecular complexity index is 2620. The molecule has 2 aromatic carbocycles. The number of piperidine rings is 1. The number of guanidine groups is 2. The summed E-state index contributed by atoms with van der Waals surface area (Å²) < 4.78 is 11.6. The van der Waals surface area contributed by atoms with E-state index in [1.165, 1.54) is 20.0 Å². The van der Waals surface area contributed by atoms with Gasteiger partial charge in [0.25, 0.3) is 0 Å². The van der Waals surface area contributed by atoms with Crippen LogP contribution in [0.3, 0.4) is 0 Å². The molecule has 0 radical (unpaired) electrons. The number of phenolic OH excluding ortho intramolecular Hbond substituents is 1. The van der Waals surface area contributed by atoms with Crippen LogP contribution in [0.15, 0.2) is 57.6 Å². The van der Waals surface area contributed by atoms with Gasteiger partial charge in [0, 0.05) is 37.7 Å². The van der Waals surface area contributed by atoms with Gasteiger partial charge in [-0.3, -0.25) is 34.1 Å². The van der Waals surface area contributed by atoms with Gasteiger partial charge in [0.1, 0.15) is 30.2 Å². The van der Waals surface area contributed by atoms with Crippen molar-refractivity contribution >= 4 is 53.3 Å². The molecule has 0 aromatic heterocycles. The van der Waals surface area contributed by atoms with Crippen LogP contribution in [0.1, 0.15) is 115 Å². The summed E-state index contributed by atoms with van der Waals surface area (Å²) in [7, 11) is 1.21. The average Bonchev–Trinajstić information content (AvgIpc) is 3.74. The number of rotatable bonds is 27. The maximum Gasteiger partial charge on any atom is 0.335 e. The lowest BCUT2D eigenvalue weighted by Crippen LogP contribution is -2.76. The van der Waals surface area contributed by atoms with E-state index in [2.05, 4.69) is 52.0 Å². The van der Waals surface area contributed by atoms with Crippen LogP contribution < -0.4 is 59.7 Å². The molecule has 24 heteroatoms. The number of esters is 1. The topological polar surface area (TPSA) is 378 Å². The second kappa shape index (κ2) is 26.2. The van der Waals surface area contributed by atoms with Crippen LogP contribution in [0.2, 0.25) is 0 Å². The van der Waals surface area contributed by atoms with Crippen molar-refractivity contribution in [2.45, 2.75) is 165 Å². The van der Waals surface area contributed by atoms with E-state index in [9.17, 15) is 39.0 Å². The molecule has 79 heavy (non-hydrogen) atoms. The first-order valence-corrected chi connectivity index (χ1v) is 27.7. The van der Waals surface area contributed by atoms with Crippen molar-refractivity contribution < 1.29 is 48.5 Å². The summed E-state index contributed by atoms with van der Waals surface area (Å²) in [4.78, 5) is 94.6. The van der Waals surface area contributed by atoms with E-state index in [0.717, 1.165) is 24.2 Å². The highest BCUT2D eigenvalue weighted by molar-refractivity contribution is 5.97. The van der Waals surface area contributed by atoms with Gasteiger partial charge < -0.3 is 69.2 Å². The standard InChI is InChI=1S/C55H82N14O10/c1-6-31(4)43(50(75)78-5)66-47(72)37(15-11-24-61-52(58)59)62-46(71)36(14-10-23-60-51(56)57)63-48(73)38(26-30(2)3)64-49(74)39(27-32-12-8-7-9-13-32)65-53(76)68-67-35-20-21-55(77)41-28-34-18-19-40(70)44-42(34)54(55,45(35)79-44)22-25-69(41)29-33-16-17-33/h7-9,12-13,18-19,30-31,33,36-39,41,43,45,70,77H,6,10-11,14-17,20-29H2,1-5H3,(H,62,71)(H,63,73)(H,64,74)(H,66,72)(H4,56,57,60)(H4,58,59,61)(H2,65,68,76)/b67-35-/t31-,36-,37-,38-,39-,41+,43-,45-,54-,55+/m0/s1. The average molecular weight is 1100 g/mol. The summed E-state index contributed by atoms with van der Waals surface area (Å²) in [6.07, 6.45) is 4.60. The molecule has 2 aromatic rings. The lowest BCUT2D eigenvalue weighted by atomic mass is 9.49. The third-order valence-corrected chi connectivity index (χ3v) is 16.2. The number of aliphatic hydroxyl groups is 1. The van der Waals surface area contributed by atoms with Crippen LogP contribution >= 0.6 is 0 Å². The summed E-state index contributed by atoms with van der Waals surface area (Å²) in [5.41, 5.74) is 25.8. The number of benzene rings is 2. The Morgan fingerprint density at radius 2 is 1.42 bits per heavy atom. The van der Waals surface area contributed by atoms with Crippen molar-refractivity contribution in [3.63, 3.8) is 0 Å². The molecule has 1 saturated heterocycles. The van der Waals surface area contributed by atoms with Crippen LogP contribution in [-0.2, 0) is 47.0 Å². The fraction of sp³-hybridized carbons (Fsp3) is 0.618. The Morgan fingerprint density at radius 1 is 0.810 bits per heavy atom. The van der Waals surface area contributed by atoms with Crippen molar-refractivity contribution in [3.05, 3.63) is 59.2 Å². The number of nitrogens with one attached hydrogen (secondary N) is 6. The molecule has 2 bridgehead atoms. The van der Waals surface area contributed by atoms with Gasteiger partial charge in [-0.15, -0.1) is 0 Å². The summed E-state index contributed by atoms with van der Waals surface area (Å²) in [6.45, 7) is 9.23. The number of carbonyl (C=O) groups is 6. The van der Waals surface area contributed by atoms with E-state index in [0.29, 0.717) is 55.0 Å². The molecule has 5 aliphatic rings. The van der Waals surface area contributed by atoms with Crippen LogP contribution in [0.5, 0.6) is 11.5 Å². The van der Waals surface area contributed by atoms with Gasteiger partial charge in [0.05, 0.1) is 23.8 Å². The monoisotopic (exact) mass is 1100 g/mol. The number of hydrogen-bond acceptors (Lipinski definition) is 14. The van der Waals surface area contributed by atoms with Crippen LogP contribution in [-0.4, -0.2) is 150 Å². The SMILES string of the molecule is CC[C@H](C)[C@H](NC(=O)[C@H](CCCN=C(N)N)NC(=O)[C@H](CCCN=C(N)N)NC(=O)[C@H](CC(C)C)NC(=O)[C@H](Cc1ccccc1)NC(=O)N/N=C1/CC[C@@]2(O)[C@H]3Cc4ccc(O)c5c4[C@@]2(CCN3CC2CC2)[C@H]1O5)C(=O)OC. The van der Waals surface area contributed by atoms with Gasteiger partial charge >= 0.3 is 12.0 Å². The Labute approximate surface area is 461 Å². The van der Waals surface area contributed by atoms with Crippen LogP contribution in [0.4, 0.5) is 4.79 Å². The number of amides is 6. The Balaban J connectivity index is 1.09. The predicted octanol–water partition coefficient (Wildman–Crippen LogP) is 0.534. The zero-order chi connectivity index (χ0) is 57.2. The molecule has 432 valence electrons. The lowest BCUT2D eigenvalue weighted by Gasteiger charge is -2.63. The fourth-order valence-corrected chi connectivity index (χ4v) is 11.9. The molecule has 2 saturated carbocycles. The number of nitrogens with two attached hydrogens (primary N) is 4. The number of carbonyl (C=O) groups excluding carboxylic acids is 6. The summed E-state index contributed by atoms with van der Waals surface area (Å²) >= 11 is 0. The van der Waals surface area contributed by atoms with Crippen molar-refractivity contribution in [1.29, 1.82) is 0 Å². The molecule has 2 aliphatic heterocycles. The lowest BCUT2D eigenvalue weighted by molar-refractivity contribution is -0.166. The number of hydrazone groups is 1. The molecular formula is C55H82N14O10. The van der Waals surface area contributed by atoms with E-state index < -0.39 is 83.0 Å². The zero-order valence-electron chi connectivity index (χ0n) is 46.1. The van der Waals surface area contributed by atoms with Crippen molar-refractivity contribution in [1.82, 2.24) is 36.9 Å². The molecule has 16 N–H and O–H groups in total. The van der Waals surface area contributed by atoms with Gasteiger partial charge in [-0.05, 0) is 112 Å². The number of nitrogens with zero attached hydrogens (tertiary/aromatic N) is 4. The number of ether oxygens (including phenoxy) is 2. The maximum absolute atomic E-state index is 14.6. The van der Waals surface area contributed by atoms with Crippen molar-refractivity contribution in [3.8, 4) is 11.5 Å². The Kier molecular flexibility index (Phi) is 19.7. The molecular weight excluding hydrogens is 1020 g/mol. The van der Waals surface area contributed by atoms with Crippen molar-refractivity contribution in [2.24, 2.45) is 55.8 Å². The first-order chi connectivity index (χ1) is 37.7. The summed E-state index contributed by atoms with van der Waals surface area (Å²) in [5.74, 6) is -3.40. The van der Waals surface area contributed by atoms with Gasteiger partial charge in [-0.2, -0.15) is 5.10 Å². The molecule has 3 fully saturated rings. The molecule has 0 unspecified atom stereocenters. The highest BCUT2D eigenvalue weighted by atomic mass is 16.5. The highest BCUT2D eigenvalue weighted by Crippen LogP contribution is 2.65. The molecule has 6 amide bonds. The second-order valence-corrected chi connectivity index (χ2v) is 22.3. The second-order valence-electron chi connectivity index (χ2n) is 22.3. The maximum atomic E-state index is 14.6. The number of aromatic hydroxyl groups is 1. The number of aliphatic imine (C=N–C) groups is 2. The van der Waals surface area contributed by atoms with Crippen molar-refractivity contribution in [2.75, 3.05) is 33.3 Å². The van der Waals surface area contributed by atoms with Gasteiger partial charge in [0.15, 0.2) is 29.5 Å². The first kappa shape index (κ1) is 59.5. The van der Waals surface area contributed by atoms with Crippen LogP contribution in [0.25, 0.3) is 0 Å². The summed E-state index contributed by atoms with van der Waals surface area (Å²) in [6, 6.07) is 5.59. The van der Waals surface area contributed by atoms with E-state index in [4.69, 9.17) is 32.4 Å². The van der Waals surface area contributed by atoms with E-state index in [1.807, 2.05) is 32.9 Å². The molecule has 7 rings (SSSR count). The van der Waals surface area contributed by atoms with E-state index in [1.54, 1.807) is 37.3 Å². The molecule has 2 heterocycles. The third kappa shape index (κ3) is 14.0. The minimum Gasteiger partial charge on any atom is -0.504 e. The smallest absolute Gasteiger partial charge is 0.335 e. The Morgan fingerprint density at radius 3 is 2.01 bits per heavy atom. The van der Waals surface area contributed by atoms with E-state index in [-0.39, 0.29) is 87.2 Å². The van der Waals surface area contributed by atoms with Gasteiger partial charge in [-0.25, -0.2) is 15.0 Å².